The Labute approximate surface area is 356 Å². The molecule has 0 aromatic carbocycles. The van der Waals surface area contributed by atoms with Gasteiger partial charge in [0.15, 0.2) is 0 Å². The molecule has 0 amide bonds. The minimum absolute atomic E-state index is 0.123. The highest BCUT2D eigenvalue weighted by Gasteiger charge is 2.63. The number of carbonyl (C=O) groups excluding carboxylic acids is 2. The lowest BCUT2D eigenvalue weighted by molar-refractivity contribution is -0.114. The van der Waals surface area contributed by atoms with Crippen LogP contribution in [0.5, 0.6) is 0 Å². The van der Waals surface area contributed by atoms with E-state index in [0.29, 0.717) is 49.7 Å². The quantitative estimate of drug-likeness (QED) is 0.0307. The van der Waals surface area contributed by atoms with Gasteiger partial charge in [0.2, 0.25) is 10.8 Å². The van der Waals surface area contributed by atoms with E-state index in [0.717, 1.165) is 60.5 Å². The highest BCUT2D eigenvalue weighted by molar-refractivity contribution is 7.73. The number of rotatable bonds is 29. The van der Waals surface area contributed by atoms with Crippen LogP contribution in [-0.4, -0.2) is 122 Å². The molecule has 56 heavy (non-hydrogen) atoms. The molecule has 2 N–H and O–H groups in total. The lowest BCUT2D eigenvalue weighted by Gasteiger charge is -2.36. The Bertz CT molecular complexity index is 1010. The molecule has 0 aliphatic rings. The van der Waals surface area contributed by atoms with Crippen LogP contribution in [0.3, 0.4) is 0 Å². The molecular formula is C29H65Cl4O18P5. The lowest BCUT2D eigenvalue weighted by Crippen LogP contribution is -2.31. The zero-order chi connectivity index (χ0) is 44.7. The van der Waals surface area contributed by atoms with Crippen LogP contribution in [0, 0.1) is 0 Å². The van der Waals surface area contributed by atoms with Crippen LogP contribution >= 0.6 is 86.4 Å². The Balaban J connectivity index is -0.000000209. The molecule has 0 saturated heterocycles. The summed E-state index contributed by atoms with van der Waals surface area (Å²) in [4.78, 5) is 29.8. The first-order valence-electron chi connectivity index (χ1n) is 16.6. The molecule has 0 aromatic heterocycles. The van der Waals surface area contributed by atoms with Gasteiger partial charge in [-0.15, -0.1) is 34.8 Å². The number of unbranched alkanes of at least 4 members (excludes halogenated alkanes) is 6. The Morgan fingerprint density at radius 1 is 0.536 bits per heavy atom. The van der Waals surface area contributed by atoms with Gasteiger partial charge in [-0.25, -0.2) is 0 Å². The largest absolute Gasteiger partial charge is 0.396 e. The van der Waals surface area contributed by atoms with Crippen molar-refractivity contribution in [3.63, 3.8) is 0 Å². The Hall–Kier alpha value is 1.53. The Kier molecular flexibility index (Phi) is 51.4. The molecule has 0 unspecified atom stereocenters. The van der Waals surface area contributed by atoms with Gasteiger partial charge in [-0.3, -0.25) is 23.3 Å². The molecule has 342 valence electrons. The van der Waals surface area contributed by atoms with Crippen molar-refractivity contribution < 1.29 is 83.0 Å². The summed E-state index contributed by atoms with van der Waals surface area (Å²) in [6.45, 7) is 0. The molecule has 0 radical (unpaired) electrons. The first-order valence-corrected chi connectivity index (χ1v) is 25.4. The van der Waals surface area contributed by atoms with Crippen LogP contribution < -0.4 is 0 Å². The van der Waals surface area contributed by atoms with E-state index < -0.39 is 50.6 Å². The summed E-state index contributed by atoms with van der Waals surface area (Å²) in [6.07, 6.45) is 7.60. The smallest absolute Gasteiger partial charge is 0.368 e. The molecule has 0 aromatic rings. The molecular weight excluding hydrogens is 933 g/mol. The zero-order valence-electron chi connectivity index (χ0n) is 34.3. The van der Waals surface area contributed by atoms with Crippen LogP contribution in [0.1, 0.15) is 77.0 Å². The van der Waals surface area contributed by atoms with Crippen molar-refractivity contribution in [2.45, 2.75) is 82.1 Å². The topological polar surface area (TPSA) is 227 Å². The van der Waals surface area contributed by atoms with Gasteiger partial charge in [-0.05, 0) is 56.5 Å². The number of aliphatic hydroxyl groups is 1. The molecule has 0 rings (SSSR count). The van der Waals surface area contributed by atoms with Gasteiger partial charge in [0.25, 0.3) is 5.08 Å². The second-order valence-corrected chi connectivity index (χ2v) is 21.8. The van der Waals surface area contributed by atoms with Gasteiger partial charge in [0.1, 0.15) is 0 Å². The molecule has 0 atom stereocenters. The summed E-state index contributed by atoms with van der Waals surface area (Å²) in [7, 11) is -0.105. The maximum Gasteiger partial charge on any atom is 0.396 e. The van der Waals surface area contributed by atoms with Crippen molar-refractivity contribution in [2.24, 2.45) is 0 Å². The third-order valence-electron chi connectivity index (χ3n) is 6.56. The molecule has 0 bridgehead atoms. The maximum atomic E-state index is 12.5. The number of hydrogen-bond acceptors (Lipinski definition) is 18. The van der Waals surface area contributed by atoms with Crippen molar-refractivity contribution >= 4 is 97.2 Å². The van der Waals surface area contributed by atoms with E-state index in [9.17, 15) is 28.4 Å². The van der Waals surface area contributed by atoms with Crippen molar-refractivity contribution in [1.82, 2.24) is 0 Å². The standard InChI is InChI=1S/C10H23ClO7P2.C8H16ClO4P.C6H10Cl2O.C3H9O3P.C2H7O3P/c1-15-19(13,16-2)10(12,8-6-5-7-9-11)20(14,17-3)18-4;1-12-14(11,13-2)8(10)6-4-3-5-7-9;7-5-3-1-2-4-6(8)9;1-4-7(5-2)6-3;1-4-6(3)5-2/h12H,5-9H2,1-4H3;3-7H2,1-2H3;1-5H2;1-3H3;3H,1-2H3. The average molecular weight is 999 g/mol. The van der Waals surface area contributed by atoms with Crippen molar-refractivity contribution in [2.75, 3.05) is 95.8 Å². The number of alkyl halides is 3. The molecule has 0 fully saturated rings. The van der Waals surface area contributed by atoms with Crippen LogP contribution in [0.2, 0.25) is 0 Å². The van der Waals surface area contributed by atoms with Crippen LogP contribution in [0.15, 0.2) is 0 Å². The third kappa shape index (κ3) is 31.4. The molecule has 18 nitrogen and oxygen atoms in total. The third-order valence-corrected chi connectivity index (χ3v) is 16.5. The molecule has 27 heteroatoms. The predicted octanol–water partition coefficient (Wildman–Crippen LogP) is 10.4. The normalized spacial score (nSPS) is 11.7. The number of halogens is 4. The highest BCUT2D eigenvalue weighted by atomic mass is 35.5. The first kappa shape index (κ1) is 66.6. The second kappa shape index (κ2) is 43.2. The highest BCUT2D eigenvalue weighted by Crippen LogP contribution is 2.77. The monoisotopic (exact) mass is 996 g/mol. The lowest BCUT2D eigenvalue weighted by atomic mass is 10.2. The molecule has 0 aliphatic heterocycles. The van der Waals surface area contributed by atoms with Gasteiger partial charge in [-0.2, -0.15) is 0 Å². The van der Waals surface area contributed by atoms with Crippen LogP contribution in [0.4, 0.5) is 0 Å². The fourth-order valence-electron chi connectivity index (χ4n) is 3.59. The second-order valence-electron chi connectivity index (χ2n) is 9.98. The summed E-state index contributed by atoms with van der Waals surface area (Å²) in [6, 6.07) is 0. The van der Waals surface area contributed by atoms with E-state index in [-0.39, 0.29) is 18.1 Å². The average Bonchev–Trinajstić information content (AvgIpc) is 3.22. The van der Waals surface area contributed by atoms with E-state index in [4.69, 9.17) is 69.4 Å². The Morgan fingerprint density at radius 3 is 1.11 bits per heavy atom. The molecule has 0 heterocycles. The van der Waals surface area contributed by atoms with Crippen LogP contribution in [0.25, 0.3) is 0 Å². The van der Waals surface area contributed by atoms with E-state index in [2.05, 4.69) is 31.7 Å². The molecule has 0 saturated carbocycles. The fraction of sp³-hybridized carbons (Fsp3) is 0.931. The Morgan fingerprint density at radius 2 is 0.875 bits per heavy atom. The summed E-state index contributed by atoms with van der Waals surface area (Å²) in [5.74, 6) is 1.73. The maximum absolute atomic E-state index is 12.5. The van der Waals surface area contributed by atoms with Crippen molar-refractivity contribution in [3.8, 4) is 0 Å². The SMILES string of the molecule is COP(=O)(OC)C(=O)CCCCCCl.COP(=O)(OC)C(O)(CCCCCCl)P(=O)(OC)OC.COP(O)OC.COP(OC)OC.O=C(Cl)CCCCCCl. The van der Waals surface area contributed by atoms with Crippen LogP contribution in [-0.2, 0) is 73.0 Å². The van der Waals surface area contributed by atoms with Crippen molar-refractivity contribution in [3.05, 3.63) is 0 Å². The molecule has 0 spiro atoms. The van der Waals surface area contributed by atoms with E-state index in [1.54, 1.807) is 21.3 Å². The molecule has 0 aliphatic carbocycles. The van der Waals surface area contributed by atoms with Gasteiger partial charge in [-0.1, -0.05) is 19.3 Å². The van der Waals surface area contributed by atoms with E-state index in [1.807, 2.05) is 0 Å². The van der Waals surface area contributed by atoms with Crippen molar-refractivity contribution in [1.29, 1.82) is 0 Å². The minimum atomic E-state index is -4.10. The minimum Gasteiger partial charge on any atom is -0.368 e. The zero-order valence-corrected chi connectivity index (χ0v) is 41.8. The van der Waals surface area contributed by atoms with Gasteiger partial charge in [0, 0.05) is 109 Å². The first-order chi connectivity index (χ1) is 26.3. The summed E-state index contributed by atoms with van der Waals surface area (Å²) < 4.78 is 87.5. The predicted molar refractivity (Wildman–Crippen MR) is 224 cm³/mol. The van der Waals surface area contributed by atoms with Gasteiger partial charge >= 0.3 is 40.0 Å². The van der Waals surface area contributed by atoms with E-state index in [1.165, 1.54) is 28.4 Å². The number of carbonyl (C=O) groups is 2. The summed E-state index contributed by atoms with van der Waals surface area (Å²) in [5.41, 5.74) is -0.461. The fourth-order valence-corrected chi connectivity index (χ4v) is 10.4. The summed E-state index contributed by atoms with van der Waals surface area (Å²) in [5, 5.41) is 8.08. The van der Waals surface area contributed by atoms with Gasteiger partial charge in [0.05, 0.1) is 0 Å². The number of hydrogen-bond donors (Lipinski definition) is 2. The van der Waals surface area contributed by atoms with Gasteiger partial charge < -0.3 is 59.8 Å². The summed E-state index contributed by atoms with van der Waals surface area (Å²) >= 11 is 21.5. The van der Waals surface area contributed by atoms with E-state index >= 15 is 0 Å².